The highest BCUT2D eigenvalue weighted by Crippen LogP contribution is 2.33. The second kappa shape index (κ2) is 7.84. The largest absolute Gasteiger partial charge is 0.353 e. The van der Waals surface area contributed by atoms with E-state index in [4.69, 9.17) is 0 Å². The number of nitrogens with one attached hydrogen (secondary N) is 2. The quantitative estimate of drug-likeness (QED) is 0.626. The molecule has 3 rings (SSSR count). The molecule has 0 bridgehead atoms. The molecule has 4 nitrogen and oxygen atoms in total. The first-order chi connectivity index (χ1) is 11.7. The summed E-state index contributed by atoms with van der Waals surface area (Å²) in [5.41, 5.74) is 1.88. The third kappa shape index (κ3) is 4.06. The molecule has 1 atom stereocenters. The first kappa shape index (κ1) is 16.3. The number of hydrogen-bond donors (Lipinski definition) is 2. The molecule has 1 heterocycles. The third-order valence-corrected chi connectivity index (χ3v) is 4.63. The average Bonchev–Trinajstić information content (AvgIpc) is 2.92. The van der Waals surface area contributed by atoms with Gasteiger partial charge in [0.15, 0.2) is 0 Å². The molecule has 0 saturated heterocycles. The highest BCUT2D eigenvalue weighted by Gasteiger charge is 2.29. The van der Waals surface area contributed by atoms with Crippen LogP contribution in [-0.2, 0) is 9.59 Å². The molecule has 1 unspecified atom stereocenters. The molecule has 2 aromatic carbocycles. The molecule has 5 heteroatoms. The van der Waals surface area contributed by atoms with E-state index in [2.05, 4.69) is 10.6 Å². The van der Waals surface area contributed by atoms with Gasteiger partial charge in [-0.15, -0.1) is 0 Å². The van der Waals surface area contributed by atoms with Crippen LogP contribution in [0.5, 0.6) is 0 Å². The first-order valence-electron chi connectivity index (χ1n) is 7.80. The van der Waals surface area contributed by atoms with Gasteiger partial charge in [0.05, 0.1) is 5.92 Å². The fourth-order valence-electron chi connectivity index (χ4n) is 2.63. The van der Waals surface area contributed by atoms with Crippen LogP contribution in [0.15, 0.2) is 71.0 Å². The Labute approximate surface area is 145 Å². The van der Waals surface area contributed by atoms with E-state index >= 15 is 0 Å². The Morgan fingerprint density at radius 2 is 1.88 bits per heavy atom. The van der Waals surface area contributed by atoms with Crippen LogP contribution >= 0.6 is 11.8 Å². The van der Waals surface area contributed by atoms with Gasteiger partial charge in [-0.05, 0) is 35.6 Å². The predicted molar refractivity (Wildman–Crippen MR) is 96.9 cm³/mol. The maximum Gasteiger partial charge on any atom is 0.244 e. The van der Waals surface area contributed by atoms with E-state index in [0.717, 1.165) is 16.1 Å². The van der Waals surface area contributed by atoms with Crippen LogP contribution in [-0.4, -0.2) is 18.4 Å². The topological polar surface area (TPSA) is 58.2 Å². The summed E-state index contributed by atoms with van der Waals surface area (Å²) < 4.78 is 0. The lowest BCUT2D eigenvalue weighted by molar-refractivity contribution is -0.118. The van der Waals surface area contributed by atoms with Crippen molar-refractivity contribution in [1.82, 2.24) is 5.32 Å². The van der Waals surface area contributed by atoms with Crippen LogP contribution in [0.25, 0.3) is 0 Å². The fourth-order valence-corrected chi connectivity index (χ4v) is 3.30. The van der Waals surface area contributed by atoms with E-state index in [9.17, 15) is 9.59 Å². The molecule has 2 aromatic rings. The van der Waals surface area contributed by atoms with E-state index < -0.39 is 0 Å². The summed E-state index contributed by atoms with van der Waals surface area (Å²) in [6.45, 7) is 0.464. The van der Waals surface area contributed by atoms with E-state index in [1.807, 2.05) is 54.6 Å². The molecule has 1 aliphatic heterocycles. The van der Waals surface area contributed by atoms with Gasteiger partial charge in [0.25, 0.3) is 0 Å². The fraction of sp³-hybridized carbons (Fsp3) is 0.158. The average molecular weight is 338 g/mol. The van der Waals surface area contributed by atoms with Gasteiger partial charge >= 0.3 is 0 Å². The van der Waals surface area contributed by atoms with Crippen molar-refractivity contribution in [2.24, 2.45) is 0 Å². The number of amides is 2. The van der Waals surface area contributed by atoms with E-state index in [1.165, 1.54) is 17.8 Å². The minimum Gasteiger partial charge on any atom is -0.353 e. The number of anilines is 1. The van der Waals surface area contributed by atoms with E-state index in [-0.39, 0.29) is 17.7 Å². The van der Waals surface area contributed by atoms with Crippen LogP contribution in [0.1, 0.15) is 17.9 Å². The molecule has 2 amide bonds. The van der Waals surface area contributed by atoms with E-state index in [1.54, 1.807) is 5.41 Å². The van der Waals surface area contributed by atoms with Crippen molar-refractivity contribution in [2.45, 2.75) is 17.2 Å². The zero-order valence-corrected chi connectivity index (χ0v) is 13.9. The van der Waals surface area contributed by atoms with Gasteiger partial charge in [0, 0.05) is 23.2 Å². The SMILES string of the molecule is O=C(/C=C/Sc1ccccc1)NCCC1C(=O)Nc2ccccc21. The van der Waals surface area contributed by atoms with E-state index in [0.29, 0.717) is 13.0 Å². The van der Waals surface area contributed by atoms with Gasteiger partial charge in [-0.2, -0.15) is 0 Å². The van der Waals surface area contributed by atoms with Gasteiger partial charge in [0.1, 0.15) is 0 Å². The van der Waals surface area contributed by atoms with Crippen LogP contribution < -0.4 is 10.6 Å². The number of para-hydroxylation sites is 1. The van der Waals surface area contributed by atoms with Gasteiger partial charge < -0.3 is 10.6 Å². The van der Waals surface area contributed by atoms with Crippen LogP contribution in [0, 0.1) is 0 Å². The Bertz CT molecular complexity index is 759. The van der Waals surface area contributed by atoms with Gasteiger partial charge in [-0.3, -0.25) is 9.59 Å². The summed E-state index contributed by atoms with van der Waals surface area (Å²) in [4.78, 5) is 24.9. The first-order valence-corrected chi connectivity index (χ1v) is 8.68. The zero-order chi connectivity index (χ0) is 16.8. The number of carbonyl (C=O) groups is 2. The Morgan fingerprint density at radius 1 is 1.12 bits per heavy atom. The van der Waals surface area contributed by atoms with Crippen molar-refractivity contribution in [3.63, 3.8) is 0 Å². The van der Waals surface area contributed by atoms with Crippen LogP contribution in [0.4, 0.5) is 5.69 Å². The van der Waals surface area contributed by atoms with Crippen molar-refractivity contribution in [3.05, 3.63) is 71.6 Å². The Balaban J connectivity index is 1.45. The number of carbonyl (C=O) groups excluding carboxylic acids is 2. The molecule has 24 heavy (non-hydrogen) atoms. The lowest BCUT2D eigenvalue weighted by atomic mass is 9.97. The minimum absolute atomic E-state index is 0.000578. The van der Waals surface area contributed by atoms with Crippen LogP contribution in [0.3, 0.4) is 0 Å². The molecule has 0 radical (unpaired) electrons. The smallest absolute Gasteiger partial charge is 0.244 e. The van der Waals surface area contributed by atoms with Crippen molar-refractivity contribution >= 4 is 29.3 Å². The second-order valence-corrected chi connectivity index (χ2v) is 6.42. The molecular formula is C19H18N2O2S. The maximum absolute atomic E-state index is 12.0. The lowest BCUT2D eigenvalue weighted by Gasteiger charge is -2.08. The molecule has 2 N–H and O–H groups in total. The monoisotopic (exact) mass is 338 g/mol. The summed E-state index contributed by atoms with van der Waals surface area (Å²) in [5.74, 6) is -0.338. The highest BCUT2D eigenvalue weighted by molar-refractivity contribution is 8.02. The highest BCUT2D eigenvalue weighted by atomic mass is 32.2. The number of hydrogen-bond acceptors (Lipinski definition) is 3. The van der Waals surface area contributed by atoms with Gasteiger partial charge in [-0.1, -0.05) is 48.2 Å². The van der Waals surface area contributed by atoms with Gasteiger partial charge in [-0.25, -0.2) is 0 Å². The molecule has 0 fully saturated rings. The summed E-state index contributed by atoms with van der Waals surface area (Å²) in [6, 6.07) is 17.5. The third-order valence-electron chi connectivity index (χ3n) is 3.81. The maximum atomic E-state index is 12.0. The molecule has 0 aromatic heterocycles. The Hall–Kier alpha value is -2.53. The van der Waals surface area contributed by atoms with Crippen LogP contribution in [0.2, 0.25) is 0 Å². The van der Waals surface area contributed by atoms with Crippen molar-refractivity contribution < 1.29 is 9.59 Å². The molecule has 0 aliphatic carbocycles. The summed E-state index contributed by atoms with van der Waals surface area (Å²) in [5, 5.41) is 7.46. The molecule has 0 spiro atoms. The normalized spacial score (nSPS) is 16.0. The second-order valence-electron chi connectivity index (χ2n) is 5.44. The van der Waals surface area contributed by atoms with Crippen molar-refractivity contribution in [2.75, 3.05) is 11.9 Å². The lowest BCUT2D eigenvalue weighted by Crippen LogP contribution is -2.25. The molecule has 1 aliphatic rings. The molecular weight excluding hydrogens is 320 g/mol. The Morgan fingerprint density at radius 3 is 2.71 bits per heavy atom. The Kier molecular flexibility index (Phi) is 5.33. The molecule has 0 saturated carbocycles. The number of benzene rings is 2. The van der Waals surface area contributed by atoms with Gasteiger partial charge in [0.2, 0.25) is 11.8 Å². The minimum atomic E-state index is -0.191. The number of rotatable bonds is 6. The summed E-state index contributed by atoms with van der Waals surface area (Å²) in [6.07, 6.45) is 2.11. The number of fused-ring (bicyclic) bond motifs is 1. The zero-order valence-electron chi connectivity index (χ0n) is 13.1. The van der Waals surface area contributed by atoms with Crippen molar-refractivity contribution in [1.29, 1.82) is 0 Å². The predicted octanol–water partition coefficient (Wildman–Crippen LogP) is 3.53. The standard InChI is InChI=1S/C19H18N2O2S/c22-18(11-13-24-14-6-2-1-3-7-14)20-12-10-16-15-8-4-5-9-17(15)21-19(16)23/h1-9,11,13,16H,10,12H2,(H,20,22)(H,21,23)/b13-11+. The molecule has 122 valence electrons. The summed E-state index contributed by atoms with van der Waals surface area (Å²) in [7, 11) is 0. The summed E-state index contributed by atoms with van der Waals surface area (Å²) >= 11 is 1.49. The number of thioether (sulfide) groups is 1. The van der Waals surface area contributed by atoms with Crippen molar-refractivity contribution in [3.8, 4) is 0 Å².